The standard InChI is InChI=1S/C19H20F2N6O2/c1-10(23-18(28)15-9-14(16(20)21)25-26-15)19-24-17(27-29-19)12-6-7-22-13(8-12)11-4-2-3-5-11/h6-11,16H,2-5H2,1H3,(H,23,28)(H,25,26)/t10-/m0/s1. The summed E-state index contributed by atoms with van der Waals surface area (Å²) in [5, 5.41) is 12.3. The minimum absolute atomic E-state index is 0.137. The monoisotopic (exact) mass is 402 g/mol. The van der Waals surface area contributed by atoms with E-state index in [1.165, 1.54) is 12.8 Å². The number of aromatic nitrogens is 5. The molecule has 1 fully saturated rings. The zero-order valence-corrected chi connectivity index (χ0v) is 15.7. The molecule has 2 N–H and O–H groups in total. The molecule has 1 aliphatic rings. The summed E-state index contributed by atoms with van der Waals surface area (Å²) in [4.78, 5) is 21.0. The Labute approximate surface area is 165 Å². The average molecular weight is 402 g/mol. The second-order valence-electron chi connectivity index (χ2n) is 7.11. The van der Waals surface area contributed by atoms with Crippen molar-refractivity contribution in [3.8, 4) is 11.4 Å². The second kappa shape index (κ2) is 8.06. The average Bonchev–Trinajstić information content (AvgIpc) is 3.49. The van der Waals surface area contributed by atoms with Gasteiger partial charge in [0.1, 0.15) is 17.4 Å². The molecule has 0 bridgehead atoms. The van der Waals surface area contributed by atoms with Crippen molar-refractivity contribution >= 4 is 5.91 Å². The lowest BCUT2D eigenvalue weighted by atomic mass is 10.0. The molecule has 4 rings (SSSR count). The van der Waals surface area contributed by atoms with E-state index in [1.807, 2.05) is 12.1 Å². The van der Waals surface area contributed by atoms with E-state index in [4.69, 9.17) is 4.52 Å². The maximum atomic E-state index is 12.6. The number of carbonyl (C=O) groups excluding carboxylic acids is 1. The highest BCUT2D eigenvalue weighted by molar-refractivity contribution is 5.92. The Balaban J connectivity index is 1.45. The smallest absolute Gasteiger partial charge is 0.279 e. The number of halogens is 2. The Morgan fingerprint density at radius 2 is 2.10 bits per heavy atom. The van der Waals surface area contributed by atoms with Gasteiger partial charge in [0.25, 0.3) is 12.3 Å². The number of nitrogens with zero attached hydrogens (tertiary/aromatic N) is 4. The number of amides is 1. The first-order valence-electron chi connectivity index (χ1n) is 9.45. The van der Waals surface area contributed by atoms with Gasteiger partial charge < -0.3 is 9.84 Å². The van der Waals surface area contributed by atoms with E-state index in [1.54, 1.807) is 13.1 Å². The largest absolute Gasteiger partial charge is 0.339 e. The summed E-state index contributed by atoms with van der Waals surface area (Å²) in [6.45, 7) is 1.66. The first-order chi connectivity index (χ1) is 14.0. The van der Waals surface area contributed by atoms with Crippen LogP contribution in [0.25, 0.3) is 11.4 Å². The predicted molar refractivity (Wildman–Crippen MR) is 98.2 cm³/mol. The van der Waals surface area contributed by atoms with Crippen LogP contribution in [0.5, 0.6) is 0 Å². The SMILES string of the molecule is C[C@H](NC(=O)c1cc(C(F)F)[nH]n1)c1nc(-c2ccnc(C3CCCC3)c2)no1. The molecule has 152 valence electrons. The van der Waals surface area contributed by atoms with Gasteiger partial charge in [0.2, 0.25) is 11.7 Å². The Morgan fingerprint density at radius 3 is 2.83 bits per heavy atom. The van der Waals surface area contributed by atoms with Crippen LogP contribution in [0.15, 0.2) is 28.9 Å². The number of pyridine rings is 1. The number of hydrogen-bond donors (Lipinski definition) is 2. The van der Waals surface area contributed by atoms with E-state index in [2.05, 4.69) is 30.6 Å². The molecular formula is C19H20F2N6O2. The molecule has 3 aromatic rings. The van der Waals surface area contributed by atoms with Crippen LogP contribution in [0, 0.1) is 0 Å². The molecule has 1 saturated carbocycles. The van der Waals surface area contributed by atoms with Gasteiger partial charge in [0.15, 0.2) is 0 Å². The van der Waals surface area contributed by atoms with Crippen molar-refractivity contribution in [1.29, 1.82) is 0 Å². The van der Waals surface area contributed by atoms with Gasteiger partial charge in [-0.25, -0.2) is 8.78 Å². The van der Waals surface area contributed by atoms with Crippen LogP contribution in [-0.4, -0.2) is 31.2 Å². The van der Waals surface area contributed by atoms with E-state index in [0.29, 0.717) is 11.7 Å². The van der Waals surface area contributed by atoms with Gasteiger partial charge >= 0.3 is 0 Å². The molecule has 29 heavy (non-hydrogen) atoms. The minimum Gasteiger partial charge on any atom is -0.339 e. The van der Waals surface area contributed by atoms with Crippen molar-refractivity contribution in [1.82, 2.24) is 30.6 Å². The number of carbonyl (C=O) groups is 1. The lowest BCUT2D eigenvalue weighted by Gasteiger charge is -2.08. The zero-order valence-electron chi connectivity index (χ0n) is 15.7. The van der Waals surface area contributed by atoms with Gasteiger partial charge in [0, 0.05) is 23.4 Å². The Hall–Kier alpha value is -3.17. The molecule has 1 atom stereocenters. The highest BCUT2D eigenvalue weighted by Crippen LogP contribution is 2.34. The summed E-state index contributed by atoms with van der Waals surface area (Å²) >= 11 is 0. The van der Waals surface area contributed by atoms with Crippen molar-refractivity contribution in [2.24, 2.45) is 0 Å². The van der Waals surface area contributed by atoms with Gasteiger partial charge in [-0.3, -0.25) is 14.9 Å². The van der Waals surface area contributed by atoms with Crippen molar-refractivity contribution in [2.45, 2.75) is 51.0 Å². The van der Waals surface area contributed by atoms with Crippen LogP contribution in [0.4, 0.5) is 8.78 Å². The lowest BCUT2D eigenvalue weighted by molar-refractivity contribution is 0.0927. The van der Waals surface area contributed by atoms with Crippen LogP contribution in [0.3, 0.4) is 0 Å². The van der Waals surface area contributed by atoms with E-state index in [9.17, 15) is 13.6 Å². The number of H-pyrrole nitrogens is 1. The highest BCUT2D eigenvalue weighted by atomic mass is 19.3. The summed E-state index contributed by atoms with van der Waals surface area (Å²) in [7, 11) is 0. The van der Waals surface area contributed by atoms with Gasteiger partial charge in [-0.15, -0.1) is 0 Å². The van der Waals surface area contributed by atoms with Crippen LogP contribution < -0.4 is 5.32 Å². The summed E-state index contributed by atoms with van der Waals surface area (Å²) in [6, 6.07) is 4.18. The number of alkyl halides is 2. The minimum atomic E-state index is -2.73. The Bertz CT molecular complexity index is 996. The van der Waals surface area contributed by atoms with Crippen LogP contribution in [-0.2, 0) is 0 Å². The normalized spacial score (nSPS) is 15.7. The Kier molecular flexibility index (Phi) is 5.32. The molecule has 0 aromatic carbocycles. The third kappa shape index (κ3) is 4.15. The van der Waals surface area contributed by atoms with Crippen molar-refractivity contribution in [3.63, 3.8) is 0 Å². The number of nitrogens with one attached hydrogen (secondary N) is 2. The summed E-state index contributed by atoms with van der Waals surface area (Å²) in [5.41, 5.74) is 1.27. The summed E-state index contributed by atoms with van der Waals surface area (Å²) < 4.78 is 30.5. The molecule has 3 aromatic heterocycles. The van der Waals surface area contributed by atoms with Crippen molar-refractivity contribution in [2.75, 3.05) is 0 Å². The topological polar surface area (TPSA) is 110 Å². The molecule has 0 aliphatic heterocycles. The molecule has 0 radical (unpaired) electrons. The summed E-state index contributed by atoms with van der Waals surface area (Å²) in [5.74, 6) is 0.457. The molecule has 0 spiro atoms. The van der Waals surface area contributed by atoms with E-state index >= 15 is 0 Å². The lowest BCUT2D eigenvalue weighted by Crippen LogP contribution is -2.27. The number of rotatable bonds is 6. The third-order valence-electron chi connectivity index (χ3n) is 5.04. The maximum absolute atomic E-state index is 12.6. The van der Waals surface area contributed by atoms with Crippen molar-refractivity contribution < 1.29 is 18.1 Å². The third-order valence-corrected chi connectivity index (χ3v) is 5.04. The van der Waals surface area contributed by atoms with Gasteiger partial charge in [-0.2, -0.15) is 10.1 Å². The van der Waals surface area contributed by atoms with Crippen LogP contribution in [0.1, 0.15) is 78.8 Å². The Morgan fingerprint density at radius 1 is 1.31 bits per heavy atom. The first kappa shape index (κ1) is 19.2. The van der Waals surface area contributed by atoms with E-state index < -0.39 is 24.1 Å². The molecule has 1 amide bonds. The second-order valence-corrected chi connectivity index (χ2v) is 7.11. The molecule has 0 unspecified atom stereocenters. The van der Waals surface area contributed by atoms with Gasteiger partial charge in [-0.1, -0.05) is 18.0 Å². The predicted octanol–water partition coefficient (Wildman–Crippen LogP) is 3.94. The molecule has 8 nitrogen and oxygen atoms in total. The van der Waals surface area contributed by atoms with Gasteiger partial charge in [-0.05, 0) is 38.0 Å². The fourth-order valence-corrected chi connectivity index (χ4v) is 3.46. The molecular weight excluding hydrogens is 382 g/mol. The zero-order chi connectivity index (χ0) is 20.4. The first-order valence-corrected chi connectivity index (χ1v) is 9.45. The number of hydrogen-bond acceptors (Lipinski definition) is 6. The molecule has 3 heterocycles. The number of aromatic amines is 1. The fourth-order valence-electron chi connectivity index (χ4n) is 3.46. The van der Waals surface area contributed by atoms with Gasteiger partial charge in [0.05, 0.1) is 0 Å². The van der Waals surface area contributed by atoms with Crippen molar-refractivity contribution in [3.05, 3.63) is 47.4 Å². The molecule has 0 saturated heterocycles. The maximum Gasteiger partial charge on any atom is 0.279 e. The summed E-state index contributed by atoms with van der Waals surface area (Å²) in [6.07, 6.45) is 3.72. The quantitative estimate of drug-likeness (QED) is 0.646. The highest BCUT2D eigenvalue weighted by Gasteiger charge is 2.22. The van der Waals surface area contributed by atoms with E-state index in [0.717, 1.165) is 30.2 Å². The van der Waals surface area contributed by atoms with Crippen LogP contribution >= 0.6 is 0 Å². The molecule has 1 aliphatic carbocycles. The van der Waals surface area contributed by atoms with E-state index in [-0.39, 0.29) is 11.6 Å². The van der Waals surface area contributed by atoms with Crippen LogP contribution in [0.2, 0.25) is 0 Å². The molecule has 10 heteroatoms. The fraction of sp³-hybridized carbons (Fsp3) is 0.421.